The van der Waals surface area contributed by atoms with Crippen molar-refractivity contribution in [3.63, 3.8) is 0 Å². The Morgan fingerprint density at radius 3 is 2.83 bits per heavy atom. The molecule has 30 heavy (non-hydrogen) atoms. The maximum atomic E-state index is 13.4. The van der Waals surface area contributed by atoms with Crippen LogP contribution in [0.1, 0.15) is 16.1 Å². The smallest absolute Gasteiger partial charge is 0.273 e. The molecule has 2 aromatic carbocycles. The summed E-state index contributed by atoms with van der Waals surface area (Å²) in [4.78, 5) is 16.7. The number of carbonyl (C=O) groups is 1. The summed E-state index contributed by atoms with van der Waals surface area (Å²) in [5, 5.41) is 11.1. The molecule has 0 unspecified atom stereocenters. The van der Waals surface area contributed by atoms with Crippen molar-refractivity contribution in [2.75, 3.05) is 0 Å². The maximum absolute atomic E-state index is 13.4. The monoisotopic (exact) mass is 423 g/mol. The summed E-state index contributed by atoms with van der Waals surface area (Å²) in [5.74, 6) is -0.263. The lowest BCUT2D eigenvalue weighted by Gasteiger charge is -2.10. The number of hydrogen-bond donors (Lipinski definition) is 1. The maximum Gasteiger partial charge on any atom is 0.273 e. The van der Waals surface area contributed by atoms with E-state index in [1.165, 1.54) is 29.1 Å². The number of hydrogen-bond acceptors (Lipinski definition) is 5. The summed E-state index contributed by atoms with van der Waals surface area (Å²) < 4.78 is 20.5. The van der Waals surface area contributed by atoms with Crippen molar-refractivity contribution in [3.05, 3.63) is 95.2 Å². The second-order valence-corrected chi connectivity index (χ2v) is 6.62. The van der Waals surface area contributed by atoms with Gasteiger partial charge in [0, 0.05) is 24.4 Å². The van der Waals surface area contributed by atoms with Gasteiger partial charge in [-0.2, -0.15) is 0 Å². The highest BCUT2D eigenvalue weighted by Crippen LogP contribution is 2.23. The van der Waals surface area contributed by atoms with Gasteiger partial charge in [-0.25, -0.2) is 14.1 Å². The molecule has 0 bridgehead atoms. The first-order valence-corrected chi connectivity index (χ1v) is 9.31. The van der Waals surface area contributed by atoms with Gasteiger partial charge in [0.25, 0.3) is 5.91 Å². The lowest BCUT2D eigenvalue weighted by molar-refractivity contribution is 0.0945. The van der Waals surface area contributed by atoms with Gasteiger partial charge in [-0.15, -0.1) is 5.10 Å². The minimum atomic E-state index is -0.422. The van der Waals surface area contributed by atoms with Crippen LogP contribution in [0.15, 0.2) is 73.1 Å². The Kier molecular flexibility index (Phi) is 5.67. The van der Waals surface area contributed by atoms with Crippen LogP contribution in [0.25, 0.3) is 5.69 Å². The van der Waals surface area contributed by atoms with Gasteiger partial charge in [0.2, 0.25) is 5.88 Å². The lowest BCUT2D eigenvalue weighted by Crippen LogP contribution is -2.23. The lowest BCUT2D eigenvalue weighted by atomic mass is 10.2. The van der Waals surface area contributed by atoms with E-state index in [1.807, 2.05) is 6.07 Å². The highest BCUT2D eigenvalue weighted by Gasteiger charge is 2.14. The van der Waals surface area contributed by atoms with Crippen molar-refractivity contribution >= 4 is 17.5 Å². The molecule has 0 atom stereocenters. The number of rotatable bonds is 6. The third-order valence-corrected chi connectivity index (χ3v) is 4.44. The first kappa shape index (κ1) is 19.5. The molecular formula is C21H15ClFN5O2. The molecule has 150 valence electrons. The summed E-state index contributed by atoms with van der Waals surface area (Å²) in [6, 6.07) is 16.3. The Labute approximate surface area is 176 Å². The van der Waals surface area contributed by atoms with E-state index in [0.29, 0.717) is 22.0 Å². The first-order chi connectivity index (χ1) is 14.6. The number of carbonyl (C=O) groups excluding carboxylic acids is 1. The third-order valence-electron chi connectivity index (χ3n) is 4.13. The minimum Gasteiger partial charge on any atom is -0.439 e. The van der Waals surface area contributed by atoms with Gasteiger partial charge in [-0.1, -0.05) is 41.1 Å². The molecule has 4 aromatic rings. The van der Waals surface area contributed by atoms with Gasteiger partial charge in [0.1, 0.15) is 11.6 Å². The zero-order valence-corrected chi connectivity index (χ0v) is 16.3. The summed E-state index contributed by atoms with van der Waals surface area (Å²) in [6.07, 6.45) is 3.04. The van der Waals surface area contributed by atoms with Crippen LogP contribution in [-0.2, 0) is 6.54 Å². The van der Waals surface area contributed by atoms with Gasteiger partial charge in [-0.3, -0.25) is 4.79 Å². The van der Waals surface area contributed by atoms with Crippen LogP contribution in [-0.4, -0.2) is 25.9 Å². The molecule has 0 saturated heterocycles. The molecule has 0 fully saturated rings. The molecule has 4 rings (SSSR count). The van der Waals surface area contributed by atoms with Crippen LogP contribution in [0.5, 0.6) is 11.6 Å². The van der Waals surface area contributed by atoms with Crippen LogP contribution in [0.4, 0.5) is 4.39 Å². The largest absolute Gasteiger partial charge is 0.439 e. The molecule has 7 nitrogen and oxygen atoms in total. The second-order valence-electron chi connectivity index (χ2n) is 6.21. The van der Waals surface area contributed by atoms with E-state index < -0.39 is 11.7 Å². The Morgan fingerprint density at radius 1 is 1.13 bits per heavy atom. The molecule has 9 heteroatoms. The first-order valence-electron chi connectivity index (χ1n) is 8.93. The van der Waals surface area contributed by atoms with Crippen LogP contribution in [0.2, 0.25) is 5.02 Å². The summed E-state index contributed by atoms with van der Waals surface area (Å²) in [7, 11) is 0. The number of halogens is 2. The van der Waals surface area contributed by atoms with Crippen LogP contribution in [0, 0.1) is 5.82 Å². The van der Waals surface area contributed by atoms with Gasteiger partial charge in [0.15, 0.2) is 5.69 Å². The standard InChI is InChI=1S/C21H15ClFN5O2/c22-17-8-1-2-9-19(17)28-13-18(26-27-28)20(29)25-12-14-5-4-10-24-21(14)30-16-7-3-6-15(23)11-16/h1-11,13H,12H2,(H,25,29). The van der Waals surface area contributed by atoms with Crippen LogP contribution in [0.3, 0.4) is 0 Å². The molecule has 2 heterocycles. The van der Waals surface area contributed by atoms with E-state index in [1.54, 1.807) is 42.6 Å². The SMILES string of the molecule is O=C(NCc1cccnc1Oc1cccc(F)c1)c1cn(-c2ccccc2Cl)nn1. The van der Waals surface area contributed by atoms with Crippen molar-refractivity contribution in [3.8, 4) is 17.3 Å². The number of aromatic nitrogens is 4. The van der Waals surface area contributed by atoms with Crippen molar-refractivity contribution < 1.29 is 13.9 Å². The van der Waals surface area contributed by atoms with E-state index in [9.17, 15) is 9.18 Å². The minimum absolute atomic E-state index is 0.131. The fourth-order valence-corrected chi connectivity index (χ4v) is 2.90. The number of para-hydroxylation sites is 1. The average Bonchev–Trinajstić information content (AvgIpc) is 3.23. The fourth-order valence-electron chi connectivity index (χ4n) is 2.68. The molecule has 0 aliphatic rings. The van der Waals surface area contributed by atoms with Crippen molar-refractivity contribution in [2.24, 2.45) is 0 Å². The highest BCUT2D eigenvalue weighted by atomic mass is 35.5. The van der Waals surface area contributed by atoms with E-state index in [4.69, 9.17) is 16.3 Å². The quantitative estimate of drug-likeness (QED) is 0.503. The summed E-state index contributed by atoms with van der Waals surface area (Å²) >= 11 is 6.15. The van der Waals surface area contributed by atoms with Gasteiger partial charge >= 0.3 is 0 Å². The number of ether oxygens (including phenoxy) is 1. The zero-order valence-electron chi connectivity index (χ0n) is 15.5. The van der Waals surface area contributed by atoms with Crippen molar-refractivity contribution in [1.29, 1.82) is 0 Å². The van der Waals surface area contributed by atoms with E-state index >= 15 is 0 Å². The van der Waals surface area contributed by atoms with Crippen molar-refractivity contribution in [1.82, 2.24) is 25.3 Å². The highest BCUT2D eigenvalue weighted by molar-refractivity contribution is 6.32. The topological polar surface area (TPSA) is 81.9 Å². The number of nitrogens with one attached hydrogen (secondary N) is 1. The Balaban J connectivity index is 1.45. The van der Waals surface area contributed by atoms with E-state index in [2.05, 4.69) is 20.6 Å². The number of benzene rings is 2. The Bertz CT molecular complexity index is 1200. The molecular weight excluding hydrogens is 409 g/mol. The molecule has 0 saturated carbocycles. The molecule has 1 amide bonds. The normalized spacial score (nSPS) is 10.6. The number of nitrogens with zero attached hydrogens (tertiary/aromatic N) is 4. The summed E-state index contributed by atoms with van der Waals surface area (Å²) in [5.41, 5.74) is 1.36. The fraction of sp³-hybridized carbons (Fsp3) is 0.0476. The average molecular weight is 424 g/mol. The van der Waals surface area contributed by atoms with E-state index in [0.717, 1.165) is 0 Å². The number of amides is 1. The molecule has 0 radical (unpaired) electrons. The van der Waals surface area contributed by atoms with Crippen LogP contribution < -0.4 is 10.1 Å². The predicted octanol–water partition coefficient (Wildman–Crippen LogP) is 4.18. The van der Waals surface area contributed by atoms with E-state index in [-0.39, 0.29) is 18.1 Å². The molecule has 0 aliphatic heterocycles. The zero-order chi connectivity index (χ0) is 20.9. The summed E-state index contributed by atoms with van der Waals surface area (Å²) in [6.45, 7) is 0.135. The Hall–Kier alpha value is -3.78. The molecule has 1 N–H and O–H groups in total. The van der Waals surface area contributed by atoms with Crippen molar-refractivity contribution in [2.45, 2.75) is 6.54 Å². The molecule has 0 aliphatic carbocycles. The Morgan fingerprint density at radius 2 is 2.00 bits per heavy atom. The molecule has 2 aromatic heterocycles. The van der Waals surface area contributed by atoms with Crippen LogP contribution >= 0.6 is 11.6 Å². The van der Waals surface area contributed by atoms with Gasteiger partial charge in [0.05, 0.1) is 16.9 Å². The number of pyridine rings is 1. The predicted molar refractivity (Wildman–Crippen MR) is 108 cm³/mol. The molecule has 0 spiro atoms. The van der Waals surface area contributed by atoms with Gasteiger partial charge in [-0.05, 0) is 30.3 Å². The van der Waals surface area contributed by atoms with Gasteiger partial charge < -0.3 is 10.1 Å². The third kappa shape index (κ3) is 4.44. The second kappa shape index (κ2) is 8.71.